The molecule has 2 aliphatic heterocycles. The quantitative estimate of drug-likeness (QED) is 0.242. The van der Waals surface area contributed by atoms with Gasteiger partial charge in [0.05, 0.1) is 14.2 Å². The van der Waals surface area contributed by atoms with Crippen molar-refractivity contribution in [2.24, 2.45) is 20.5 Å². The third-order valence-corrected chi connectivity index (χ3v) is 6.23. The summed E-state index contributed by atoms with van der Waals surface area (Å²) >= 11 is 0. The van der Waals surface area contributed by atoms with Gasteiger partial charge in [-0.15, -0.1) is 20.5 Å². The molecule has 0 aliphatic carbocycles. The van der Waals surface area contributed by atoms with Crippen LogP contribution in [0.25, 0.3) is 0 Å². The molecule has 16 nitrogen and oxygen atoms in total. The van der Waals surface area contributed by atoms with E-state index in [1.165, 1.54) is 14.2 Å². The van der Waals surface area contributed by atoms with E-state index in [-0.39, 0.29) is 47.0 Å². The summed E-state index contributed by atoms with van der Waals surface area (Å²) in [5.74, 6) is -3.88. The standard InChI is InChI=1S/C21H26N10O6/c1-36-16(34)10(12-14(32)30-18(22)26-28-20(30)24-12)8-6-4-3-5-7-9-11(17(35)37-2)13-15(33)31-19(23)27-29-21(31)25-13/h10-11,22-23,32-33H,3-9H2,1-2H3/t10-,11-/m0/s1. The largest absolute Gasteiger partial charge is 0.493 e. The molecule has 0 unspecified atom stereocenters. The maximum atomic E-state index is 12.4. The third kappa shape index (κ3) is 4.81. The minimum Gasteiger partial charge on any atom is -0.493 e. The molecule has 0 saturated carbocycles. The Morgan fingerprint density at radius 1 is 0.730 bits per heavy atom. The lowest BCUT2D eigenvalue weighted by molar-refractivity contribution is -0.143. The molecule has 0 spiro atoms. The first-order chi connectivity index (χ1) is 17.8. The average molecular weight is 515 g/mol. The SMILES string of the molecule is COC(=O)[C@@H](CCCCCCC[C@H](C(=O)OC)c1nc2n(c1O)C(=N)N=N2)c1nc2n(c1O)C(=N)N=N2. The molecule has 2 aliphatic rings. The summed E-state index contributed by atoms with van der Waals surface area (Å²) < 4.78 is 11.9. The first-order valence-electron chi connectivity index (χ1n) is 11.6. The topological polar surface area (TPSA) is 226 Å². The van der Waals surface area contributed by atoms with Crippen molar-refractivity contribution in [2.45, 2.75) is 56.8 Å². The minimum absolute atomic E-state index is 0.0421. The van der Waals surface area contributed by atoms with Crippen molar-refractivity contribution in [3.8, 4) is 11.8 Å². The van der Waals surface area contributed by atoms with E-state index in [0.717, 1.165) is 28.4 Å². The lowest BCUT2D eigenvalue weighted by Crippen LogP contribution is -2.16. The molecule has 0 fully saturated rings. The Morgan fingerprint density at radius 3 is 1.46 bits per heavy atom. The number of nitrogens with one attached hydrogen (secondary N) is 2. The van der Waals surface area contributed by atoms with Crippen LogP contribution < -0.4 is 0 Å². The number of methoxy groups -OCH3 is 2. The van der Waals surface area contributed by atoms with E-state index < -0.39 is 23.8 Å². The summed E-state index contributed by atoms with van der Waals surface area (Å²) in [5, 5.41) is 50.7. The van der Waals surface area contributed by atoms with Crippen LogP contribution in [0.2, 0.25) is 0 Å². The number of carbonyl (C=O) groups excluding carboxylic acids is 2. The number of esters is 2. The summed E-state index contributed by atoms with van der Waals surface area (Å²) in [5.41, 5.74) is 0.205. The second-order valence-corrected chi connectivity index (χ2v) is 8.46. The van der Waals surface area contributed by atoms with Gasteiger partial charge in [0.25, 0.3) is 23.8 Å². The number of fused-ring (bicyclic) bond motifs is 2. The minimum atomic E-state index is -0.809. The summed E-state index contributed by atoms with van der Waals surface area (Å²) in [7, 11) is 2.52. The Bertz CT molecular complexity index is 1210. The van der Waals surface area contributed by atoms with E-state index in [4.69, 9.17) is 20.3 Å². The third-order valence-electron chi connectivity index (χ3n) is 6.23. The fraction of sp³-hybridized carbons (Fsp3) is 0.524. The van der Waals surface area contributed by atoms with E-state index in [9.17, 15) is 19.8 Å². The van der Waals surface area contributed by atoms with Gasteiger partial charge in [-0.3, -0.25) is 20.4 Å². The van der Waals surface area contributed by atoms with Crippen LogP contribution in [0.1, 0.15) is 68.2 Å². The molecule has 0 amide bonds. The van der Waals surface area contributed by atoms with Crippen molar-refractivity contribution in [3.63, 3.8) is 0 Å². The predicted molar refractivity (Wildman–Crippen MR) is 125 cm³/mol. The van der Waals surface area contributed by atoms with Gasteiger partial charge in [-0.05, 0) is 12.8 Å². The number of unbranched alkanes of at least 4 members (excludes halogenated alkanes) is 4. The fourth-order valence-electron chi connectivity index (χ4n) is 4.34. The van der Waals surface area contributed by atoms with Gasteiger partial charge in [-0.25, -0.2) is 19.1 Å². The number of carbonyl (C=O) groups is 2. The maximum Gasteiger partial charge on any atom is 0.314 e. The number of rotatable bonds is 12. The van der Waals surface area contributed by atoms with Crippen LogP contribution in [0, 0.1) is 10.8 Å². The van der Waals surface area contributed by atoms with E-state index in [1.54, 1.807) is 0 Å². The van der Waals surface area contributed by atoms with Gasteiger partial charge >= 0.3 is 11.9 Å². The second kappa shape index (κ2) is 10.6. The Kier molecular flexibility index (Phi) is 7.35. The number of nitrogens with zero attached hydrogens (tertiary/aromatic N) is 8. The Hall–Kier alpha value is -4.50. The number of azo groups is 2. The Morgan fingerprint density at radius 2 is 1.11 bits per heavy atom. The summed E-state index contributed by atoms with van der Waals surface area (Å²) in [6.45, 7) is 0. The molecule has 4 rings (SSSR count). The maximum absolute atomic E-state index is 12.4. The zero-order valence-electron chi connectivity index (χ0n) is 20.2. The number of hydrogen-bond acceptors (Lipinski definition) is 12. The second-order valence-electron chi connectivity index (χ2n) is 8.46. The van der Waals surface area contributed by atoms with Crippen molar-refractivity contribution in [3.05, 3.63) is 11.4 Å². The van der Waals surface area contributed by atoms with Gasteiger partial charge < -0.3 is 19.7 Å². The van der Waals surface area contributed by atoms with Crippen LogP contribution in [0.3, 0.4) is 0 Å². The lowest BCUT2D eigenvalue weighted by atomic mass is 9.95. The van der Waals surface area contributed by atoms with Gasteiger partial charge in [-0.2, -0.15) is 0 Å². The van der Waals surface area contributed by atoms with E-state index >= 15 is 0 Å². The van der Waals surface area contributed by atoms with Gasteiger partial charge in [-0.1, -0.05) is 32.1 Å². The molecule has 4 N–H and O–H groups in total. The summed E-state index contributed by atoms with van der Waals surface area (Å²) in [6.07, 6.45) is 4.37. The highest BCUT2D eigenvalue weighted by molar-refractivity contribution is 5.88. The molecule has 0 radical (unpaired) electrons. The van der Waals surface area contributed by atoms with Gasteiger partial charge in [0.2, 0.25) is 11.8 Å². The van der Waals surface area contributed by atoms with Gasteiger partial charge in [0.15, 0.2) is 0 Å². The van der Waals surface area contributed by atoms with Crippen molar-refractivity contribution < 1.29 is 29.3 Å². The van der Waals surface area contributed by atoms with Gasteiger partial charge in [0, 0.05) is 0 Å². The van der Waals surface area contributed by atoms with Crippen LogP contribution in [0.4, 0.5) is 11.9 Å². The molecule has 2 aromatic rings. The predicted octanol–water partition coefficient (Wildman–Crippen LogP) is 3.20. The normalized spacial score (nSPS) is 15.1. The molecule has 0 aromatic carbocycles. The number of aromatic nitrogens is 4. The molecule has 2 aromatic heterocycles. The molecule has 0 bridgehead atoms. The molecule has 0 saturated heterocycles. The van der Waals surface area contributed by atoms with Crippen molar-refractivity contribution in [1.82, 2.24) is 19.1 Å². The molecule has 4 heterocycles. The molecule has 37 heavy (non-hydrogen) atoms. The first kappa shape index (κ1) is 25.6. The van der Waals surface area contributed by atoms with E-state index in [2.05, 4.69) is 30.4 Å². The lowest BCUT2D eigenvalue weighted by Gasteiger charge is -2.14. The summed E-state index contributed by atoms with van der Waals surface area (Å²) in [4.78, 5) is 33.0. The highest BCUT2D eigenvalue weighted by atomic mass is 16.5. The van der Waals surface area contributed by atoms with Crippen LogP contribution in [-0.4, -0.2) is 67.4 Å². The van der Waals surface area contributed by atoms with Gasteiger partial charge in [0.1, 0.15) is 23.2 Å². The van der Waals surface area contributed by atoms with Crippen molar-refractivity contribution >= 4 is 35.8 Å². The average Bonchev–Trinajstić information content (AvgIpc) is 3.62. The highest BCUT2D eigenvalue weighted by Crippen LogP contribution is 2.37. The molecular weight excluding hydrogens is 488 g/mol. The van der Waals surface area contributed by atoms with Crippen LogP contribution >= 0.6 is 0 Å². The molecular formula is C21H26N10O6. The highest BCUT2D eigenvalue weighted by Gasteiger charge is 2.34. The molecule has 2 atom stereocenters. The van der Waals surface area contributed by atoms with Crippen molar-refractivity contribution in [1.29, 1.82) is 10.8 Å². The number of ether oxygens (including phenoxy) is 2. The van der Waals surface area contributed by atoms with Crippen LogP contribution in [-0.2, 0) is 19.1 Å². The fourth-order valence-corrected chi connectivity index (χ4v) is 4.34. The molecule has 16 heteroatoms. The smallest absolute Gasteiger partial charge is 0.314 e. The monoisotopic (exact) mass is 514 g/mol. The number of aromatic hydroxyl groups is 2. The van der Waals surface area contributed by atoms with Crippen molar-refractivity contribution in [2.75, 3.05) is 14.2 Å². The zero-order chi connectivity index (χ0) is 26.7. The van der Waals surface area contributed by atoms with Crippen LogP contribution in [0.5, 0.6) is 11.8 Å². The zero-order valence-corrected chi connectivity index (χ0v) is 20.2. The van der Waals surface area contributed by atoms with Crippen LogP contribution in [0.15, 0.2) is 20.5 Å². The Labute approximate surface area is 210 Å². The van der Waals surface area contributed by atoms with E-state index in [0.29, 0.717) is 25.7 Å². The number of imidazole rings is 2. The first-order valence-corrected chi connectivity index (χ1v) is 11.6. The Balaban J connectivity index is 1.29. The van der Waals surface area contributed by atoms with E-state index in [1.807, 2.05) is 0 Å². The summed E-state index contributed by atoms with van der Waals surface area (Å²) in [6, 6.07) is 0. The molecule has 196 valence electrons. The number of hydrogen-bond donors (Lipinski definition) is 4.